The minimum atomic E-state index is -0.941. The van der Waals surface area contributed by atoms with Crippen LogP contribution in [0.1, 0.15) is 25.0 Å². The highest BCUT2D eigenvalue weighted by molar-refractivity contribution is 6.20. The maximum Gasteiger partial charge on any atom is 0.336 e. The molecule has 108 valence electrons. The third kappa shape index (κ3) is 4.21. The monoisotopic (exact) mass is 282 g/mol. The summed E-state index contributed by atoms with van der Waals surface area (Å²) >= 11 is 0. The third-order valence-corrected chi connectivity index (χ3v) is 2.88. The molecule has 0 bridgehead atoms. The van der Waals surface area contributed by atoms with Crippen LogP contribution in [0.3, 0.4) is 0 Å². The SMILES string of the molecule is CC(C)Oc1ccc(/C=C(/C(=O)O)c2ccccc2)cc1. The van der Waals surface area contributed by atoms with Gasteiger partial charge in [0.15, 0.2) is 0 Å². The first-order chi connectivity index (χ1) is 10.1. The van der Waals surface area contributed by atoms with Gasteiger partial charge in [0.1, 0.15) is 5.75 Å². The standard InChI is InChI=1S/C18H18O3/c1-13(2)21-16-10-8-14(9-11-16)12-17(18(19)20)15-6-4-3-5-7-15/h3-13H,1-2H3,(H,19,20)/b17-12+. The Bertz CT molecular complexity index is 625. The zero-order valence-corrected chi connectivity index (χ0v) is 12.1. The van der Waals surface area contributed by atoms with E-state index >= 15 is 0 Å². The summed E-state index contributed by atoms with van der Waals surface area (Å²) in [7, 11) is 0. The Balaban J connectivity index is 2.29. The van der Waals surface area contributed by atoms with Crippen molar-refractivity contribution in [2.45, 2.75) is 20.0 Å². The molecular weight excluding hydrogens is 264 g/mol. The van der Waals surface area contributed by atoms with Gasteiger partial charge in [-0.05, 0) is 43.2 Å². The van der Waals surface area contributed by atoms with E-state index in [0.717, 1.165) is 11.3 Å². The summed E-state index contributed by atoms with van der Waals surface area (Å²) in [4.78, 5) is 11.4. The largest absolute Gasteiger partial charge is 0.491 e. The van der Waals surface area contributed by atoms with Gasteiger partial charge >= 0.3 is 5.97 Å². The second-order valence-corrected chi connectivity index (χ2v) is 4.96. The van der Waals surface area contributed by atoms with Gasteiger partial charge in [0.05, 0.1) is 11.7 Å². The average Bonchev–Trinajstić information content (AvgIpc) is 2.46. The zero-order chi connectivity index (χ0) is 15.2. The van der Waals surface area contributed by atoms with Crippen molar-refractivity contribution in [1.29, 1.82) is 0 Å². The lowest BCUT2D eigenvalue weighted by atomic mass is 10.0. The summed E-state index contributed by atoms with van der Waals surface area (Å²) in [6.07, 6.45) is 1.78. The summed E-state index contributed by atoms with van der Waals surface area (Å²) in [6, 6.07) is 16.5. The van der Waals surface area contributed by atoms with Gasteiger partial charge in [-0.25, -0.2) is 4.79 Å². The lowest BCUT2D eigenvalue weighted by Gasteiger charge is -2.09. The van der Waals surface area contributed by atoms with Crippen LogP contribution in [0.4, 0.5) is 0 Å². The van der Waals surface area contributed by atoms with Crippen molar-refractivity contribution in [2.75, 3.05) is 0 Å². The van der Waals surface area contributed by atoms with Gasteiger partial charge in [0.2, 0.25) is 0 Å². The molecule has 0 aliphatic rings. The van der Waals surface area contributed by atoms with Crippen LogP contribution in [0.5, 0.6) is 5.75 Å². The Morgan fingerprint density at radius 1 is 1.05 bits per heavy atom. The van der Waals surface area contributed by atoms with E-state index in [1.165, 1.54) is 0 Å². The fraction of sp³-hybridized carbons (Fsp3) is 0.167. The molecule has 0 aliphatic heterocycles. The molecule has 0 fully saturated rings. The third-order valence-electron chi connectivity index (χ3n) is 2.88. The Kier molecular flexibility index (Phi) is 4.77. The fourth-order valence-electron chi connectivity index (χ4n) is 1.97. The predicted molar refractivity (Wildman–Crippen MR) is 84.2 cm³/mol. The molecule has 0 unspecified atom stereocenters. The van der Waals surface area contributed by atoms with Crippen LogP contribution in [0.15, 0.2) is 54.6 Å². The molecule has 0 radical (unpaired) electrons. The maximum atomic E-state index is 11.4. The van der Waals surface area contributed by atoms with Crippen molar-refractivity contribution in [3.8, 4) is 5.75 Å². The molecule has 0 atom stereocenters. The summed E-state index contributed by atoms with van der Waals surface area (Å²) in [6.45, 7) is 3.93. The second kappa shape index (κ2) is 6.75. The molecule has 21 heavy (non-hydrogen) atoms. The van der Waals surface area contributed by atoms with E-state index in [-0.39, 0.29) is 11.7 Å². The Labute approximate surface area is 124 Å². The van der Waals surface area contributed by atoms with Crippen molar-refractivity contribution in [2.24, 2.45) is 0 Å². The Morgan fingerprint density at radius 2 is 1.67 bits per heavy atom. The molecule has 1 N–H and O–H groups in total. The number of carboxylic acid groups (broad SMARTS) is 1. The van der Waals surface area contributed by atoms with Crippen LogP contribution in [0, 0.1) is 0 Å². The average molecular weight is 282 g/mol. The molecule has 0 saturated carbocycles. The van der Waals surface area contributed by atoms with Crippen LogP contribution in [-0.2, 0) is 4.79 Å². The van der Waals surface area contributed by atoms with Gasteiger partial charge < -0.3 is 9.84 Å². The number of ether oxygens (including phenoxy) is 1. The van der Waals surface area contributed by atoms with E-state index < -0.39 is 5.97 Å². The lowest BCUT2D eigenvalue weighted by Crippen LogP contribution is -2.05. The molecule has 0 saturated heterocycles. The Morgan fingerprint density at radius 3 is 2.19 bits per heavy atom. The number of rotatable bonds is 5. The van der Waals surface area contributed by atoms with E-state index in [0.29, 0.717) is 5.56 Å². The minimum absolute atomic E-state index is 0.116. The highest BCUT2D eigenvalue weighted by Crippen LogP contribution is 2.20. The second-order valence-electron chi connectivity index (χ2n) is 4.96. The summed E-state index contributed by atoms with van der Waals surface area (Å²) in [5.74, 6) is -0.164. The molecule has 2 aromatic rings. The van der Waals surface area contributed by atoms with Crippen molar-refractivity contribution in [3.63, 3.8) is 0 Å². The smallest absolute Gasteiger partial charge is 0.336 e. The molecule has 0 spiro atoms. The molecule has 2 rings (SSSR count). The van der Waals surface area contributed by atoms with Gasteiger partial charge in [0, 0.05) is 0 Å². The van der Waals surface area contributed by atoms with Crippen LogP contribution >= 0.6 is 0 Å². The molecule has 0 aliphatic carbocycles. The summed E-state index contributed by atoms with van der Waals surface area (Å²) < 4.78 is 5.57. The lowest BCUT2D eigenvalue weighted by molar-refractivity contribution is -0.130. The van der Waals surface area contributed by atoms with Gasteiger partial charge in [-0.15, -0.1) is 0 Å². The van der Waals surface area contributed by atoms with E-state index in [2.05, 4.69) is 0 Å². The topological polar surface area (TPSA) is 46.5 Å². The van der Waals surface area contributed by atoms with E-state index in [9.17, 15) is 9.90 Å². The number of aliphatic carboxylic acids is 1. The van der Waals surface area contributed by atoms with Crippen molar-refractivity contribution in [3.05, 3.63) is 65.7 Å². The highest BCUT2D eigenvalue weighted by atomic mass is 16.5. The van der Waals surface area contributed by atoms with Gasteiger partial charge in [0.25, 0.3) is 0 Å². The number of carboxylic acids is 1. The van der Waals surface area contributed by atoms with Crippen LogP contribution in [0.2, 0.25) is 0 Å². The maximum absolute atomic E-state index is 11.4. The van der Waals surface area contributed by atoms with Crippen molar-refractivity contribution >= 4 is 17.6 Å². The predicted octanol–water partition coefficient (Wildman–Crippen LogP) is 4.10. The molecule has 0 heterocycles. The van der Waals surface area contributed by atoms with Crippen LogP contribution in [0.25, 0.3) is 11.6 Å². The first kappa shape index (κ1) is 14.9. The van der Waals surface area contributed by atoms with Crippen molar-refractivity contribution in [1.82, 2.24) is 0 Å². The highest BCUT2D eigenvalue weighted by Gasteiger charge is 2.09. The van der Waals surface area contributed by atoms with E-state index in [4.69, 9.17) is 4.74 Å². The van der Waals surface area contributed by atoms with Gasteiger partial charge in [-0.1, -0.05) is 42.5 Å². The summed E-state index contributed by atoms with van der Waals surface area (Å²) in [5.41, 5.74) is 1.79. The molecule has 2 aromatic carbocycles. The van der Waals surface area contributed by atoms with Crippen LogP contribution in [-0.4, -0.2) is 17.2 Å². The molecule has 0 amide bonds. The van der Waals surface area contributed by atoms with Crippen molar-refractivity contribution < 1.29 is 14.6 Å². The van der Waals surface area contributed by atoms with Gasteiger partial charge in [-0.3, -0.25) is 0 Å². The molecular formula is C18H18O3. The van der Waals surface area contributed by atoms with E-state index in [1.807, 2.05) is 56.3 Å². The Hall–Kier alpha value is -2.55. The minimum Gasteiger partial charge on any atom is -0.491 e. The molecule has 0 aromatic heterocycles. The number of carbonyl (C=O) groups is 1. The molecule has 3 heteroatoms. The zero-order valence-electron chi connectivity index (χ0n) is 12.1. The fourth-order valence-corrected chi connectivity index (χ4v) is 1.97. The first-order valence-corrected chi connectivity index (χ1v) is 6.83. The number of benzene rings is 2. The molecule has 3 nitrogen and oxygen atoms in total. The van der Waals surface area contributed by atoms with E-state index in [1.54, 1.807) is 18.2 Å². The number of hydrogen-bond donors (Lipinski definition) is 1. The van der Waals surface area contributed by atoms with Crippen LogP contribution < -0.4 is 4.74 Å². The number of hydrogen-bond acceptors (Lipinski definition) is 2. The quantitative estimate of drug-likeness (QED) is 0.663. The first-order valence-electron chi connectivity index (χ1n) is 6.83. The van der Waals surface area contributed by atoms with Gasteiger partial charge in [-0.2, -0.15) is 0 Å². The summed E-state index contributed by atoms with van der Waals surface area (Å²) in [5, 5.41) is 9.37. The normalized spacial score (nSPS) is 11.5.